The molecule has 0 amide bonds. The molecule has 0 saturated carbocycles. The molecule has 0 aliphatic carbocycles. The molecule has 12 heavy (non-hydrogen) atoms. The number of hydrogen-bond donors (Lipinski definition) is 2. The molecule has 0 heterocycles. The Kier molecular flexibility index (Phi) is 8.88. The van der Waals surface area contributed by atoms with Crippen molar-refractivity contribution >= 4 is 0 Å². The van der Waals surface area contributed by atoms with E-state index in [1.807, 2.05) is 0 Å². The van der Waals surface area contributed by atoms with Crippen LogP contribution in [0.2, 0.25) is 0 Å². The van der Waals surface area contributed by atoms with Crippen molar-refractivity contribution in [1.82, 2.24) is 15.5 Å². The molecule has 3 nitrogen and oxygen atoms in total. The van der Waals surface area contributed by atoms with E-state index in [4.69, 9.17) is 0 Å². The van der Waals surface area contributed by atoms with Crippen LogP contribution in [0.5, 0.6) is 0 Å². The summed E-state index contributed by atoms with van der Waals surface area (Å²) >= 11 is 0. The molecule has 2 N–H and O–H groups in total. The minimum atomic E-state index is 0.977. The lowest BCUT2D eigenvalue weighted by Crippen LogP contribution is -2.38. The third-order valence-electron chi connectivity index (χ3n) is 1.62. The highest BCUT2D eigenvalue weighted by molar-refractivity contribution is 4.48. The highest BCUT2D eigenvalue weighted by Crippen LogP contribution is 1.77. The largest absolute Gasteiger partial charge is 0.304 e. The Morgan fingerprint density at radius 3 is 1.67 bits per heavy atom. The minimum Gasteiger partial charge on any atom is -0.304 e. The molecule has 0 aliphatic rings. The van der Waals surface area contributed by atoms with Gasteiger partial charge >= 0.3 is 0 Å². The second-order valence-corrected chi connectivity index (χ2v) is 3.17. The summed E-state index contributed by atoms with van der Waals surface area (Å²) in [6, 6.07) is 0. The zero-order valence-corrected chi connectivity index (χ0v) is 8.69. The van der Waals surface area contributed by atoms with E-state index in [2.05, 4.69) is 36.4 Å². The average molecular weight is 173 g/mol. The second-order valence-electron chi connectivity index (χ2n) is 3.17. The molecule has 0 spiro atoms. The van der Waals surface area contributed by atoms with Gasteiger partial charge in [-0.2, -0.15) is 0 Å². The van der Waals surface area contributed by atoms with Gasteiger partial charge in [-0.1, -0.05) is 13.8 Å². The maximum Gasteiger partial charge on any atom is 0.0489 e. The zero-order valence-electron chi connectivity index (χ0n) is 8.69. The SMILES string of the molecule is CCCNCN(C)CNCCC. The number of hydrogen-bond acceptors (Lipinski definition) is 3. The first-order valence-electron chi connectivity index (χ1n) is 4.91. The maximum absolute atomic E-state index is 3.35. The molecule has 74 valence electrons. The molecule has 3 heteroatoms. The molecule has 0 saturated heterocycles. The molecule has 0 bridgehead atoms. The second kappa shape index (κ2) is 8.97. The van der Waals surface area contributed by atoms with E-state index in [9.17, 15) is 0 Å². The number of nitrogens with one attached hydrogen (secondary N) is 2. The Balaban J connectivity index is 3.04. The van der Waals surface area contributed by atoms with Crippen LogP contribution in [0.4, 0.5) is 0 Å². The van der Waals surface area contributed by atoms with Crippen molar-refractivity contribution < 1.29 is 0 Å². The average Bonchev–Trinajstić information content (AvgIpc) is 2.06. The van der Waals surface area contributed by atoms with Crippen molar-refractivity contribution in [2.75, 3.05) is 33.5 Å². The quantitative estimate of drug-likeness (QED) is 0.420. The lowest BCUT2D eigenvalue weighted by Gasteiger charge is -2.17. The third kappa shape index (κ3) is 7.98. The molecule has 0 rings (SSSR count). The van der Waals surface area contributed by atoms with Gasteiger partial charge < -0.3 is 10.6 Å². The highest BCUT2D eigenvalue weighted by atomic mass is 15.3. The number of rotatable bonds is 8. The van der Waals surface area contributed by atoms with Gasteiger partial charge in [0.1, 0.15) is 0 Å². The van der Waals surface area contributed by atoms with Crippen molar-refractivity contribution in [3.05, 3.63) is 0 Å². The fraction of sp³-hybridized carbons (Fsp3) is 1.00. The Morgan fingerprint density at radius 2 is 1.33 bits per heavy atom. The van der Waals surface area contributed by atoms with Gasteiger partial charge in [-0.3, -0.25) is 4.90 Å². The molecule has 0 aromatic heterocycles. The van der Waals surface area contributed by atoms with Gasteiger partial charge in [-0.05, 0) is 33.0 Å². The van der Waals surface area contributed by atoms with E-state index >= 15 is 0 Å². The van der Waals surface area contributed by atoms with Gasteiger partial charge in [0, 0.05) is 13.3 Å². The van der Waals surface area contributed by atoms with Gasteiger partial charge in [0.2, 0.25) is 0 Å². The first-order valence-corrected chi connectivity index (χ1v) is 4.91. The molecule has 0 aromatic rings. The lowest BCUT2D eigenvalue weighted by molar-refractivity contribution is 0.284. The molecule has 0 atom stereocenters. The molecule has 0 aliphatic heterocycles. The Hall–Kier alpha value is -0.120. The number of nitrogens with zero attached hydrogens (tertiary/aromatic N) is 1. The van der Waals surface area contributed by atoms with Gasteiger partial charge in [-0.25, -0.2) is 0 Å². The van der Waals surface area contributed by atoms with Gasteiger partial charge in [0.25, 0.3) is 0 Å². The molecule has 0 unspecified atom stereocenters. The van der Waals surface area contributed by atoms with Crippen molar-refractivity contribution in [1.29, 1.82) is 0 Å². The molecular formula is C9H23N3. The van der Waals surface area contributed by atoms with Crippen LogP contribution < -0.4 is 10.6 Å². The van der Waals surface area contributed by atoms with Crippen LogP contribution >= 0.6 is 0 Å². The standard InChI is InChI=1S/C9H23N3/c1-4-6-10-8-12(3)9-11-7-5-2/h10-11H,4-9H2,1-3H3. The smallest absolute Gasteiger partial charge is 0.0489 e. The zero-order chi connectivity index (χ0) is 9.23. The summed E-state index contributed by atoms with van der Waals surface area (Å²) in [6.07, 6.45) is 2.41. The van der Waals surface area contributed by atoms with E-state index in [1.54, 1.807) is 0 Å². The van der Waals surface area contributed by atoms with Crippen LogP contribution in [0, 0.1) is 0 Å². The van der Waals surface area contributed by atoms with Crippen molar-refractivity contribution in [2.24, 2.45) is 0 Å². The van der Waals surface area contributed by atoms with Gasteiger partial charge in [0.15, 0.2) is 0 Å². The maximum atomic E-state index is 3.35. The van der Waals surface area contributed by atoms with Crippen LogP contribution in [-0.2, 0) is 0 Å². The van der Waals surface area contributed by atoms with Crippen LogP contribution in [0.25, 0.3) is 0 Å². The molecule has 0 radical (unpaired) electrons. The normalized spacial score (nSPS) is 11.0. The van der Waals surface area contributed by atoms with E-state index in [0.29, 0.717) is 0 Å². The van der Waals surface area contributed by atoms with Crippen LogP contribution in [0.1, 0.15) is 26.7 Å². The summed E-state index contributed by atoms with van der Waals surface area (Å²) in [5, 5.41) is 6.70. The molecule has 0 aromatic carbocycles. The summed E-state index contributed by atoms with van der Waals surface area (Å²) in [5.74, 6) is 0. The first-order chi connectivity index (χ1) is 5.81. The summed E-state index contributed by atoms with van der Waals surface area (Å²) in [6.45, 7) is 8.54. The Labute approximate surface area is 76.5 Å². The molecular weight excluding hydrogens is 150 g/mol. The van der Waals surface area contributed by atoms with Gasteiger partial charge in [0.05, 0.1) is 0 Å². The third-order valence-corrected chi connectivity index (χ3v) is 1.62. The van der Waals surface area contributed by atoms with E-state index in [0.717, 1.165) is 26.4 Å². The molecule has 0 fully saturated rings. The summed E-state index contributed by atoms with van der Waals surface area (Å²) in [5.41, 5.74) is 0. The van der Waals surface area contributed by atoms with E-state index in [-0.39, 0.29) is 0 Å². The van der Waals surface area contributed by atoms with Gasteiger partial charge in [-0.15, -0.1) is 0 Å². The minimum absolute atomic E-state index is 0.977. The summed E-state index contributed by atoms with van der Waals surface area (Å²) in [4.78, 5) is 2.24. The van der Waals surface area contributed by atoms with E-state index in [1.165, 1.54) is 12.8 Å². The fourth-order valence-corrected chi connectivity index (χ4v) is 0.949. The summed E-state index contributed by atoms with van der Waals surface area (Å²) in [7, 11) is 2.12. The monoisotopic (exact) mass is 173 g/mol. The predicted octanol–water partition coefficient (Wildman–Crippen LogP) is 0.832. The van der Waals surface area contributed by atoms with Crippen LogP contribution in [0.3, 0.4) is 0 Å². The lowest BCUT2D eigenvalue weighted by atomic mass is 10.5. The summed E-state index contributed by atoms with van der Waals surface area (Å²) < 4.78 is 0. The van der Waals surface area contributed by atoms with Crippen molar-refractivity contribution in [2.45, 2.75) is 26.7 Å². The Bertz CT molecular complexity index is 75.8. The van der Waals surface area contributed by atoms with Crippen molar-refractivity contribution in [3.8, 4) is 0 Å². The van der Waals surface area contributed by atoms with Crippen LogP contribution in [0.15, 0.2) is 0 Å². The first kappa shape index (κ1) is 11.9. The predicted molar refractivity (Wildman–Crippen MR) is 54.1 cm³/mol. The van der Waals surface area contributed by atoms with E-state index < -0.39 is 0 Å². The Morgan fingerprint density at radius 1 is 0.917 bits per heavy atom. The van der Waals surface area contributed by atoms with Crippen molar-refractivity contribution in [3.63, 3.8) is 0 Å². The fourth-order valence-electron chi connectivity index (χ4n) is 0.949. The van der Waals surface area contributed by atoms with Crippen LogP contribution in [-0.4, -0.2) is 38.4 Å². The highest BCUT2D eigenvalue weighted by Gasteiger charge is 1.93. The topological polar surface area (TPSA) is 27.3 Å².